The van der Waals surface area contributed by atoms with Gasteiger partial charge in [-0.3, -0.25) is 4.40 Å². The molecule has 1 aliphatic carbocycles. The number of nitrogens with two attached hydrogens (primary N) is 1. The Morgan fingerprint density at radius 2 is 1.95 bits per heavy atom. The Bertz CT molecular complexity index is 585. The third-order valence-electron chi connectivity index (χ3n) is 3.94. The van der Waals surface area contributed by atoms with Crippen LogP contribution in [0.1, 0.15) is 51.3 Å². The second-order valence-corrected chi connectivity index (χ2v) is 5.96. The standard InChI is InChI=1S/C15H22N4O/c1-10(2)15-18-17-14-8-7-13(9-19(14)15)20-12-5-3-11(16)4-6-12/h7-12H,3-6,16H2,1-2H3. The lowest BCUT2D eigenvalue weighted by atomic mass is 9.94. The Morgan fingerprint density at radius 3 is 2.65 bits per heavy atom. The number of pyridine rings is 1. The van der Waals surface area contributed by atoms with Gasteiger partial charge in [-0.2, -0.15) is 0 Å². The molecule has 1 aliphatic rings. The second kappa shape index (κ2) is 5.40. The van der Waals surface area contributed by atoms with Gasteiger partial charge < -0.3 is 10.5 Å². The summed E-state index contributed by atoms with van der Waals surface area (Å²) in [6.07, 6.45) is 6.47. The Labute approximate surface area is 119 Å². The first-order chi connectivity index (χ1) is 9.63. The molecule has 0 aromatic carbocycles. The number of rotatable bonds is 3. The number of fused-ring (bicyclic) bond motifs is 1. The molecule has 0 aliphatic heterocycles. The molecule has 5 nitrogen and oxygen atoms in total. The van der Waals surface area contributed by atoms with Gasteiger partial charge >= 0.3 is 0 Å². The molecular formula is C15H22N4O. The van der Waals surface area contributed by atoms with Crippen molar-refractivity contribution in [3.8, 4) is 5.75 Å². The smallest absolute Gasteiger partial charge is 0.161 e. The summed E-state index contributed by atoms with van der Waals surface area (Å²) in [5.41, 5.74) is 6.80. The molecular weight excluding hydrogens is 252 g/mol. The van der Waals surface area contributed by atoms with Crippen LogP contribution in [0.25, 0.3) is 5.65 Å². The first-order valence-corrected chi connectivity index (χ1v) is 7.40. The molecule has 3 rings (SSSR count). The van der Waals surface area contributed by atoms with E-state index in [2.05, 4.69) is 24.0 Å². The Kier molecular flexibility index (Phi) is 3.61. The molecule has 2 N–H and O–H groups in total. The number of hydrogen-bond donors (Lipinski definition) is 1. The molecule has 0 bridgehead atoms. The molecule has 2 aromatic rings. The molecule has 2 heterocycles. The summed E-state index contributed by atoms with van der Waals surface area (Å²) in [7, 11) is 0. The van der Waals surface area contributed by atoms with E-state index in [1.165, 1.54) is 0 Å². The summed E-state index contributed by atoms with van der Waals surface area (Å²) in [6, 6.07) is 4.29. The van der Waals surface area contributed by atoms with Crippen molar-refractivity contribution in [2.75, 3.05) is 0 Å². The Hall–Kier alpha value is -1.62. The molecule has 1 saturated carbocycles. The first-order valence-electron chi connectivity index (χ1n) is 7.40. The molecule has 0 spiro atoms. The maximum Gasteiger partial charge on any atom is 0.161 e. The van der Waals surface area contributed by atoms with E-state index >= 15 is 0 Å². The summed E-state index contributed by atoms with van der Waals surface area (Å²) < 4.78 is 8.11. The first kappa shape index (κ1) is 13.4. The van der Waals surface area contributed by atoms with Gasteiger partial charge in [0.15, 0.2) is 5.65 Å². The van der Waals surface area contributed by atoms with Gasteiger partial charge in [0.05, 0.1) is 12.3 Å². The minimum Gasteiger partial charge on any atom is -0.489 e. The maximum atomic E-state index is 6.08. The van der Waals surface area contributed by atoms with Crippen LogP contribution in [-0.4, -0.2) is 26.7 Å². The van der Waals surface area contributed by atoms with Crippen molar-refractivity contribution < 1.29 is 4.74 Å². The minimum atomic E-state index is 0.284. The van der Waals surface area contributed by atoms with Crippen molar-refractivity contribution in [2.24, 2.45) is 5.73 Å². The number of nitrogens with zero attached hydrogens (tertiary/aromatic N) is 3. The highest BCUT2D eigenvalue weighted by molar-refractivity contribution is 5.41. The fourth-order valence-corrected chi connectivity index (χ4v) is 2.75. The molecule has 1 fully saturated rings. The van der Waals surface area contributed by atoms with Crippen LogP contribution in [0.4, 0.5) is 0 Å². The molecule has 0 unspecified atom stereocenters. The van der Waals surface area contributed by atoms with Crippen molar-refractivity contribution in [3.05, 3.63) is 24.2 Å². The van der Waals surface area contributed by atoms with Gasteiger partial charge in [-0.15, -0.1) is 10.2 Å². The zero-order valence-corrected chi connectivity index (χ0v) is 12.1. The van der Waals surface area contributed by atoms with Gasteiger partial charge in [-0.25, -0.2) is 0 Å². The molecule has 0 radical (unpaired) electrons. The largest absolute Gasteiger partial charge is 0.489 e. The van der Waals surface area contributed by atoms with Crippen molar-refractivity contribution in [1.82, 2.24) is 14.6 Å². The van der Waals surface area contributed by atoms with Crippen LogP contribution in [-0.2, 0) is 0 Å². The van der Waals surface area contributed by atoms with Crippen molar-refractivity contribution in [3.63, 3.8) is 0 Å². The van der Waals surface area contributed by atoms with Crippen LogP contribution in [0.15, 0.2) is 18.3 Å². The molecule has 5 heteroatoms. The van der Waals surface area contributed by atoms with Gasteiger partial charge in [-0.05, 0) is 37.8 Å². The van der Waals surface area contributed by atoms with Crippen LogP contribution in [0.2, 0.25) is 0 Å². The van der Waals surface area contributed by atoms with Crippen LogP contribution in [0, 0.1) is 0 Å². The monoisotopic (exact) mass is 274 g/mol. The van der Waals surface area contributed by atoms with E-state index in [9.17, 15) is 0 Å². The Morgan fingerprint density at radius 1 is 1.20 bits per heavy atom. The van der Waals surface area contributed by atoms with E-state index < -0.39 is 0 Å². The van der Waals surface area contributed by atoms with Crippen molar-refractivity contribution >= 4 is 5.65 Å². The predicted molar refractivity (Wildman–Crippen MR) is 77.9 cm³/mol. The summed E-state index contributed by atoms with van der Waals surface area (Å²) in [5.74, 6) is 2.20. The molecule has 0 amide bonds. The topological polar surface area (TPSA) is 65.4 Å². The van der Waals surface area contributed by atoms with Gasteiger partial charge in [0.2, 0.25) is 0 Å². The zero-order valence-electron chi connectivity index (χ0n) is 12.1. The number of hydrogen-bond acceptors (Lipinski definition) is 4. The Balaban J connectivity index is 1.80. The summed E-state index contributed by atoms with van der Waals surface area (Å²) >= 11 is 0. The molecule has 20 heavy (non-hydrogen) atoms. The summed E-state index contributed by atoms with van der Waals surface area (Å²) in [6.45, 7) is 4.24. The van der Waals surface area contributed by atoms with Crippen LogP contribution in [0.3, 0.4) is 0 Å². The molecule has 108 valence electrons. The predicted octanol–water partition coefficient (Wildman–Crippen LogP) is 2.50. The SMILES string of the molecule is CC(C)c1nnc2ccc(OC3CCC(N)CC3)cn12. The van der Waals surface area contributed by atoms with Gasteiger partial charge in [0.25, 0.3) is 0 Å². The maximum absolute atomic E-state index is 6.08. The summed E-state index contributed by atoms with van der Waals surface area (Å²) in [4.78, 5) is 0. The van der Waals surface area contributed by atoms with Crippen molar-refractivity contribution in [2.45, 2.75) is 57.6 Å². The highest BCUT2D eigenvalue weighted by Crippen LogP contribution is 2.24. The van der Waals surface area contributed by atoms with E-state index in [1.54, 1.807) is 0 Å². The van der Waals surface area contributed by atoms with Crippen molar-refractivity contribution in [1.29, 1.82) is 0 Å². The highest BCUT2D eigenvalue weighted by atomic mass is 16.5. The van der Waals surface area contributed by atoms with E-state index in [0.29, 0.717) is 12.0 Å². The molecule has 0 saturated heterocycles. The average Bonchev–Trinajstić information content (AvgIpc) is 2.84. The fourth-order valence-electron chi connectivity index (χ4n) is 2.75. The minimum absolute atomic E-state index is 0.284. The number of ether oxygens (including phenoxy) is 1. The van der Waals surface area contributed by atoms with E-state index in [-0.39, 0.29) is 6.10 Å². The average molecular weight is 274 g/mol. The summed E-state index contributed by atoms with van der Waals surface area (Å²) in [5, 5.41) is 8.41. The second-order valence-electron chi connectivity index (χ2n) is 5.96. The lowest BCUT2D eigenvalue weighted by Crippen LogP contribution is -2.31. The third-order valence-corrected chi connectivity index (χ3v) is 3.94. The van der Waals surface area contributed by atoms with Gasteiger partial charge in [0, 0.05) is 12.0 Å². The quantitative estimate of drug-likeness (QED) is 0.934. The lowest BCUT2D eigenvalue weighted by Gasteiger charge is -2.26. The molecule has 0 atom stereocenters. The van der Waals surface area contributed by atoms with Crippen LogP contribution in [0.5, 0.6) is 5.75 Å². The normalized spacial score (nSPS) is 23.4. The van der Waals surface area contributed by atoms with Gasteiger partial charge in [0.1, 0.15) is 11.6 Å². The third kappa shape index (κ3) is 2.63. The van der Waals surface area contributed by atoms with Crippen LogP contribution >= 0.6 is 0 Å². The van der Waals surface area contributed by atoms with Crippen LogP contribution < -0.4 is 10.5 Å². The fraction of sp³-hybridized carbons (Fsp3) is 0.600. The highest BCUT2D eigenvalue weighted by Gasteiger charge is 2.20. The van der Waals surface area contributed by atoms with E-state index in [4.69, 9.17) is 10.5 Å². The number of aromatic nitrogens is 3. The zero-order chi connectivity index (χ0) is 14.1. The molecule has 2 aromatic heterocycles. The van der Waals surface area contributed by atoms with E-state index in [1.807, 2.05) is 22.7 Å². The van der Waals surface area contributed by atoms with E-state index in [0.717, 1.165) is 42.9 Å². The van der Waals surface area contributed by atoms with Gasteiger partial charge in [-0.1, -0.05) is 13.8 Å². The lowest BCUT2D eigenvalue weighted by molar-refractivity contribution is 0.146.